The second-order valence-electron chi connectivity index (χ2n) is 6.55. The minimum absolute atomic E-state index is 0.593. The maximum atomic E-state index is 5.76. The molecule has 6 nitrogen and oxygen atoms in total. The van der Waals surface area contributed by atoms with Crippen LogP contribution in [0.2, 0.25) is 0 Å². The van der Waals surface area contributed by atoms with Gasteiger partial charge in [0.15, 0.2) is 0 Å². The van der Waals surface area contributed by atoms with Crippen molar-refractivity contribution in [2.75, 3.05) is 11.9 Å². The number of nitrogens with zero attached hydrogens (tertiary/aromatic N) is 4. The number of ether oxygens (including phenoxy) is 1. The van der Waals surface area contributed by atoms with Crippen molar-refractivity contribution >= 4 is 11.6 Å². The van der Waals surface area contributed by atoms with Gasteiger partial charge in [0.1, 0.15) is 17.9 Å². The zero-order chi connectivity index (χ0) is 19.3. The highest BCUT2D eigenvalue weighted by molar-refractivity contribution is 5.55. The molecule has 0 atom stereocenters. The third kappa shape index (κ3) is 3.67. The number of nitrogens with one attached hydrogen (secondary N) is 1. The molecule has 1 N–H and O–H groups in total. The van der Waals surface area contributed by atoms with Crippen LogP contribution in [-0.2, 0) is 13.0 Å². The van der Waals surface area contributed by atoms with E-state index in [4.69, 9.17) is 4.74 Å². The predicted molar refractivity (Wildman–Crippen MR) is 110 cm³/mol. The number of anilines is 1. The van der Waals surface area contributed by atoms with E-state index in [-0.39, 0.29) is 0 Å². The Morgan fingerprint density at radius 2 is 1.82 bits per heavy atom. The maximum Gasteiger partial charge on any atom is 0.254 e. The monoisotopic (exact) mass is 373 g/mol. The smallest absolute Gasteiger partial charge is 0.254 e. The summed E-state index contributed by atoms with van der Waals surface area (Å²) < 4.78 is 7.53. The molecule has 142 valence electrons. The van der Waals surface area contributed by atoms with E-state index >= 15 is 0 Å². The first-order valence-corrected chi connectivity index (χ1v) is 9.44. The van der Waals surface area contributed by atoms with Gasteiger partial charge in [0.25, 0.3) is 5.78 Å². The van der Waals surface area contributed by atoms with E-state index in [1.807, 2.05) is 38.1 Å². The Kier molecular flexibility index (Phi) is 5.19. The normalized spacial score (nSPS) is 10.9. The van der Waals surface area contributed by atoms with Gasteiger partial charge >= 0.3 is 0 Å². The van der Waals surface area contributed by atoms with Gasteiger partial charge < -0.3 is 10.1 Å². The second-order valence-corrected chi connectivity index (χ2v) is 6.55. The van der Waals surface area contributed by atoms with Crippen LogP contribution in [0.25, 0.3) is 5.78 Å². The molecule has 2 aromatic heterocycles. The molecule has 0 aliphatic carbocycles. The van der Waals surface area contributed by atoms with Crippen molar-refractivity contribution in [3.63, 3.8) is 0 Å². The minimum atomic E-state index is 0.593. The Morgan fingerprint density at radius 3 is 2.64 bits per heavy atom. The SMILES string of the molecule is CCOc1ccccc1CNc1c(Cc2ccccc2)c(C)nc2ncnn12. The largest absolute Gasteiger partial charge is 0.494 e. The molecule has 0 saturated carbocycles. The number of hydrogen-bond acceptors (Lipinski definition) is 5. The Labute approximate surface area is 164 Å². The Bertz CT molecular complexity index is 1070. The summed E-state index contributed by atoms with van der Waals surface area (Å²) >= 11 is 0. The van der Waals surface area contributed by atoms with Gasteiger partial charge in [-0.25, -0.2) is 4.98 Å². The number of para-hydroxylation sites is 1. The van der Waals surface area contributed by atoms with Gasteiger partial charge in [-0.3, -0.25) is 0 Å². The molecular weight excluding hydrogens is 350 g/mol. The lowest BCUT2D eigenvalue weighted by molar-refractivity contribution is 0.337. The molecule has 0 fully saturated rings. The fraction of sp³-hybridized carbons (Fsp3) is 0.227. The predicted octanol–water partition coefficient (Wildman–Crippen LogP) is 4.03. The summed E-state index contributed by atoms with van der Waals surface area (Å²) in [6, 6.07) is 18.5. The molecule has 0 aliphatic rings. The van der Waals surface area contributed by atoms with E-state index in [1.54, 1.807) is 4.52 Å². The quantitative estimate of drug-likeness (QED) is 0.530. The number of hydrogen-bond donors (Lipinski definition) is 1. The van der Waals surface area contributed by atoms with Crippen LogP contribution in [0.1, 0.15) is 29.3 Å². The van der Waals surface area contributed by atoms with Crippen molar-refractivity contribution < 1.29 is 4.74 Å². The number of fused-ring (bicyclic) bond motifs is 1. The van der Waals surface area contributed by atoms with Crippen LogP contribution in [0.15, 0.2) is 60.9 Å². The molecule has 28 heavy (non-hydrogen) atoms. The highest BCUT2D eigenvalue weighted by atomic mass is 16.5. The van der Waals surface area contributed by atoms with Crippen molar-refractivity contribution in [1.82, 2.24) is 19.6 Å². The molecule has 0 unspecified atom stereocenters. The summed E-state index contributed by atoms with van der Waals surface area (Å²) in [5.74, 6) is 2.40. The van der Waals surface area contributed by atoms with E-state index in [9.17, 15) is 0 Å². The third-order valence-corrected chi connectivity index (χ3v) is 4.67. The molecule has 0 spiro atoms. The van der Waals surface area contributed by atoms with E-state index in [0.717, 1.165) is 34.8 Å². The van der Waals surface area contributed by atoms with Crippen molar-refractivity contribution in [3.05, 3.63) is 83.3 Å². The Morgan fingerprint density at radius 1 is 1.04 bits per heavy atom. The molecule has 2 aromatic carbocycles. The highest BCUT2D eigenvalue weighted by Gasteiger charge is 2.15. The molecule has 0 saturated heterocycles. The first kappa shape index (κ1) is 18.0. The summed E-state index contributed by atoms with van der Waals surface area (Å²) in [6.45, 7) is 5.27. The minimum Gasteiger partial charge on any atom is -0.494 e. The van der Waals surface area contributed by atoms with Crippen LogP contribution in [0.5, 0.6) is 5.75 Å². The lowest BCUT2D eigenvalue weighted by Gasteiger charge is -2.17. The van der Waals surface area contributed by atoms with Crippen molar-refractivity contribution in [2.45, 2.75) is 26.8 Å². The number of benzene rings is 2. The zero-order valence-electron chi connectivity index (χ0n) is 16.1. The van der Waals surface area contributed by atoms with Crippen molar-refractivity contribution in [3.8, 4) is 5.75 Å². The van der Waals surface area contributed by atoms with Gasteiger partial charge in [-0.15, -0.1) is 0 Å². The van der Waals surface area contributed by atoms with Gasteiger partial charge in [-0.2, -0.15) is 14.6 Å². The van der Waals surface area contributed by atoms with E-state index in [1.165, 1.54) is 11.9 Å². The molecule has 0 radical (unpaired) electrons. The highest BCUT2D eigenvalue weighted by Crippen LogP contribution is 2.25. The zero-order valence-corrected chi connectivity index (χ0v) is 16.1. The fourth-order valence-electron chi connectivity index (χ4n) is 3.30. The van der Waals surface area contributed by atoms with Gasteiger partial charge in [-0.05, 0) is 25.5 Å². The lowest BCUT2D eigenvalue weighted by atomic mass is 10.0. The van der Waals surface area contributed by atoms with E-state index in [0.29, 0.717) is 18.9 Å². The topological polar surface area (TPSA) is 64.3 Å². The fourth-order valence-corrected chi connectivity index (χ4v) is 3.30. The molecule has 4 aromatic rings. The average molecular weight is 373 g/mol. The number of rotatable bonds is 7. The second kappa shape index (κ2) is 8.08. The molecule has 0 aliphatic heterocycles. The van der Waals surface area contributed by atoms with Gasteiger partial charge in [0.05, 0.1) is 6.61 Å². The molecule has 4 rings (SSSR count). The van der Waals surface area contributed by atoms with Gasteiger partial charge in [-0.1, -0.05) is 48.5 Å². The van der Waals surface area contributed by atoms with Crippen LogP contribution >= 0.6 is 0 Å². The molecule has 0 bridgehead atoms. The van der Waals surface area contributed by atoms with Gasteiger partial charge in [0, 0.05) is 29.8 Å². The summed E-state index contributed by atoms with van der Waals surface area (Å²) in [4.78, 5) is 8.89. The van der Waals surface area contributed by atoms with Crippen LogP contribution < -0.4 is 10.1 Å². The van der Waals surface area contributed by atoms with Crippen molar-refractivity contribution in [1.29, 1.82) is 0 Å². The molecule has 6 heteroatoms. The molecule has 2 heterocycles. The van der Waals surface area contributed by atoms with Crippen LogP contribution in [-0.4, -0.2) is 26.2 Å². The van der Waals surface area contributed by atoms with Crippen LogP contribution in [0.4, 0.5) is 5.82 Å². The van der Waals surface area contributed by atoms with Crippen LogP contribution in [0.3, 0.4) is 0 Å². The molecule has 0 amide bonds. The Hall–Kier alpha value is -3.41. The summed E-state index contributed by atoms with van der Waals surface area (Å²) in [5.41, 5.74) is 4.38. The number of aryl methyl sites for hydroxylation is 1. The lowest BCUT2D eigenvalue weighted by Crippen LogP contribution is -2.12. The summed E-state index contributed by atoms with van der Waals surface area (Å²) in [6.07, 6.45) is 2.30. The van der Waals surface area contributed by atoms with Crippen molar-refractivity contribution in [2.24, 2.45) is 0 Å². The average Bonchev–Trinajstić information content (AvgIpc) is 3.18. The van der Waals surface area contributed by atoms with E-state index in [2.05, 4.69) is 50.7 Å². The maximum absolute atomic E-state index is 5.76. The van der Waals surface area contributed by atoms with Crippen LogP contribution in [0, 0.1) is 6.92 Å². The summed E-state index contributed by atoms with van der Waals surface area (Å²) in [5, 5.41) is 7.94. The van der Waals surface area contributed by atoms with Gasteiger partial charge in [0.2, 0.25) is 0 Å². The Balaban J connectivity index is 1.71. The molecular formula is C22H23N5O. The first-order chi connectivity index (χ1) is 13.8. The summed E-state index contributed by atoms with van der Waals surface area (Å²) in [7, 11) is 0. The number of aromatic nitrogens is 4. The van der Waals surface area contributed by atoms with E-state index < -0.39 is 0 Å². The first-order valence-electron chi connectivity index (χ1n) is 9.44. The standard InChI is InChI=1S/C22H23N5O/c1-3-28-20-12-8-7-11-18(20)14-23-21-19(13-17-9-5-4-6-10-17)16(2)26-22-24-15-25-27(21)22/h4-12,15,23H,3,13-14H2,1-2H3. The third-order valence-electron chi connectivity index (χ3n) is 4.67.